The van der Waals surface area contributed by atoms with E-state index in [1.165, 1.54) is 0 Å². The average Bonchev–Trinajstić information content (AvgIpc) is 2.86. The average molecular weight is 334 g/mol. The molecule has 2 aromatic carbocycles. The monoisotopic (exact) mass is 334 g/mol. The molecule has 3 nitrogen and oxygen atoms in total. The molecule has 0 atom stereocenters. The van der Waals surface area contributed by atoms with Crippen LogP contribution in [0.25, 0.3) is 6.08 Å². The lowest BCUT2D eigenvalue weighted by Crippen LogP contribution is -2.03. The molecule has 128 valence electrons. The van der Waals surface area contributed by atoms with Crippen molar-refractivity contribution in [1.29, 1.82) is 0 Å². The Kier molecular flexibility index (Phi) is 5.03. The SMILES string of the molecule is CC(C)CC1=C(Cc2ccc(O)cc2)C(=O)O/C1=C/c1ccccc1. The summed E-state index contributed by atoms with van der Waals surface area (Å²) in [5.74, 6) is 1.02. The molecule has 0 fully saturated rings. The molecule has 0 saturated carbocycles. The standard InChI is InChI=1S/C22H22O3/c1-15(2)12-19-20(13-17-8-10-18(23)11-9-17)22(24)25-21(19)14-16-6-4-3-5-7-16/h3-11,14-15,23H,12-13H2,1-2H3/b21-14+. The Morgan fingerprint density at radius 3 is 2.32 bits per heavy atom. The van der Waals surface area contributed by atoms with Gasteiger partial charge in [-0.15, -0.1) is 0 Å². The van der Waals surface area contributed by atoms with Crippen molar-refractivity contribution in [3.8, 4) is 5.75 Å². The highest BCUT2D eigenvalue weighted by molar-refractivity contribution is 5.96. The van der Waals surface area contributed by atoms with Crippen molar-refractivity contribution in [2.75, 3.05) is 0 Å². The van der Waals surface area contributed by atoms with Gasteiger partial charge in [-0.1, -0.05) is 56.3 Å². The highest BCUT2D eigenvalue weighted by Gasteiger charge is 2.30. The Morgan fingerprint density at radius 2 is 1.68 bits per heavy atom. The topological polar surface area (TPSA) is 46.5 Å². The number of rotatable bonds is 5. The fraction of sp³-hybridized carbons (Fsp3) is 0.227. The molecule has 1 aliphatic rings. The van der Waals surface area contributed by atoms with E-state index in [1.807, 2.05) is 48.5 Å². The number of allylic oxidation sites excluding steroid dienone is 1. The number of aromatic hydroxyl groups is 1. The van der Waals surface area contributed by atoms with Gasteiger partial charge >= 0.3 is 5.97 Å². The van der Waals surface area contributed by atoms with Crippen LogP contribution in [0.3, 0.4) is 0 Å². The maximum atomic E-state index is 12.5. The number of hydrogen-bond donors (Lipinski definition) is 1. The van der Waals surface area contributed by atoms with E-state index >= 15 is 0 Å². The van der Waals surface area contributed by atoms with Gasteiger partial charge in [0.25, 0.3) is 0 Å². The highest BCUT2D eigenvalue weighted by atomic mass is 16.5. The third-order valence-electron chi connectivity index (χ3n) is 4.14. The molecule has 0 saturated heterocycles. The minimum absolute atomic E-state index is 0.221. The molecule has 1 heterocycles. The van der Waals surface area contributed by atoms with Crippen LogP contribution in [0.4, 0.5) is 0 Å². The number of phenolic OH excluding ortho intramolecular Hbond substituents is 1. The molecular formula is C22H22O3. The van der Waals surface area contributed by atoms with E-state index in [9.17, 15) is 9.90 Å². The van der Waals surface area contributed by atoms with Gasteiger partial charge in [0.1, 0.15) is 11.5 Å². The van der Waals surface area contributed by atoms with Crippen LogP contribution in [-0.4, -0.2) is 11.1 Å². The van der Waals surface area contributed by atoms with Crippen molar-refractivity contribution < 1.29 is 14.6 Å². The van der Waals surface area contributed by atoms with Crippen LogP contribution in [0.5, 0.6) is 5.75 Å². The summed E-state index contributed by atoms with van der Waals surface area (Å²) in [6.45, 7) is 4.27. The van der Waals surface area contributed by atoms with Crippen LogP contribution in [0.1, 0.15) is 31.4 Å². The molecule has 0 bridgehead atoms. The van der Waals surface area contributed by atoms with Crippen molar-refractivity contribution >= 4 is 12.0 Å². The zero-order valence-corrected chi connectivity index (χ0v) is 14.5. The molecule has 0 unspecified atom stereocenters. The molecular weight excluding hydrogens is 312 g/mol. The zero-order valence-electron chi connectivity index (χ0n) is 14.5. The van der Waals surface area contributed by atoms with E-state index in [-0.39, 0.29) is 11.7 Å². The van der Waals surface area contributed by atoms with Crippen LogP contribution in [-0.2, 0) is 16.0 Å². The summed E-state index contributed by atoms with van der Waals surface area (Å²) in [6, 6.07) is 16.8. The Hall–Kier alpha value is -2.81. The van der Waals surface area contributed by atoms with Gasteiger partial charge in [0.2, 0.25) is 0 Å². The fourth-order valence-corrected chi connectivity index (χ4v) is 2.94. The summed E-state index contributed by atoms with van der Waals surface area (Å²) < 4.78 is 5.59. The molecule has 3 rings (SSSR count). The summed E-state index contributed by atoms with van der Waals surface area (Å²) in [5.41, 5.74) is 3.68. The molecule has 25 heavy (non-hydrogen) atoms. The van der Waals surface area contributed by atoms with E-state index in [0.29, 0.717) is 23.7 Å². The van der Waals surface area contributed by atoms with Crippen LogP contribution in [0.2, 0.25) is 0 Å². The summed E-state index contributed by atoms with van der Waals surface area (Å²) >= 11 is 0. The maximum absolute atomic E-state index is 12.5. The third-order valence-corrected chi connectivity index (χ3v) is 4.14. The van der Waals surface area contributed by atoms with Crippen molar-refractivity contribution in [2.24, 2.45) is 5.92 Å². The van der Waals surface area contributed by atoms with E-state index in [4.69, 9.17) is 4.74 Å². The van der Waals surface area contributed by atoms with Crippen molar-refractivity contribution in [3.05, 3.63) is 82.6 Å². The molecule has 1 aliphatic heterocycles. The van der Waals surface area contributed by atoms with Gasteiger partial charge in [-0.2, -0.15) is 0 Å². The van der Waals surface area contributed by atoms with Gasteiger partial charge < -0.3 is 9.84 Å². The predicted molar refractivity (Wildman–Crippen MR) is 98.8 cm³/mol. The first-order chi connectivity index (χ1) is 12.0. The Labute approximate surface area is 148 Å². The van der Waals surface area contributed by atoms with E-state index in [0.717, 1.165) is 23.1 Å². The molecule has 0 aliphatic carbocycles. The normalized spacial score (nSPS) is 16.0. The van der Waals surface area contributed by atoms with Crippen molar-refractivity contribution in [2.45, 2.75) is 26.7 Å². The van der Waals surface area contributed by atoms with Crippen LogP contribution >= 0.6 is 0 Å². The minimum atomic E-state index is -0.272. The zero-order chi connectivity index (χ0) is 17.8. The lowest BCUT2D eigenvalue weighted by molar-refractivity contribution is -0.133. The van der Waals surface area contributed by atoms with Crippen LogP contribution in [0, 0.1) is 5.92 Å². The number of esters is 1. The van der Waals surface area contributed by atoms with Gasteiger partial charge in [-0.25, -0.2) is 4.79 Å². The number of cyclic esters (lactones) is 1. The molecule has 0 amide bonds. The van der Waals surface area contributed by atoms with E-state index in [2.05, 4.69) is 13.8 Å². The first-order valence-corrected chi connectivity index (χ1v) is 8.52. The summed E-state index contributed by atoms with van der Waals surface area (Å²) in [6.07, 6.45) is 3.23. The summed E-state index contributed by atoms with van der Waals surface area (Å²) in [4.78, 5) is 12.5. The van der Waals surface area contributed by atoms with E-state index < -0.39 is 0 Å². The lowest BCUT2D eigenvalue weighted by Gasteiger charge is -2.09. The molecule has 0 aromatic heterocycles. The first kappa shape index (κ1) is 17.0. The molecule has 0 radical (unpaired) electrons. The van der Waals surface area contributed by atoms with Gasteiger partial charge in [0, 0.05) is 17.6 Å². The first-order valence-electron chi connectivity index (χ1n) is 8.52. The second kappa shape index (κ2) is 7.39. The number of hydrogen-bond acceptors (Lipinski definition) is 3. The minimum Gasteiger partial charge on any atom is -0.508 e. The molecule has 2 aromatic rings. The van der Waals surface area contributed by atoms with Gasteiger partial charge in [-0.05, 0) is 41.7 Å². The molecule has 0 spiro atoms. The lowest BCUT2D eigenvalue weighted by atomic mass is 9.93. The fourth-order valence-electron chi connectivity index (χ4n) is 2.94. The highest BCUT2D eigenvalue weighted by Crippen LogP contribution is 2.34. The molecule has 1 N–H and O–H groups in total. The maximum Gasteiger partial charge on any atom is 0.340 e. The number of carbonyl (C=O) groups is 1. The summed E-state index contributed by atoms with van der Waals surface area (Å²) in [7, 11) is 0. The second-order valence-corrected chi connectivity index (χ2v) is 6.71. The Bertz CT molecular complexity index is 812. The van der Waals surface area contributed by atoms with E-state index in [1.54, 1.807) is 12.1 Å². The van der Waals surface area contributed by atoms with Gasteiger partial charge in [-0.3, -0.25) is 0 Å². The number of phenols is 1. The van der Waals surface area contributed by atoms with Gasteiger partial charge in [0.05, 0.1) is 0 Å². The second-order valence-electron chi connectivity index (χ2n) is 6.71. The third kappa shape index (κ3) is 4.18. The number of carbonyl (C=O) groups excluding carboxylic acids is 1. The molecule has 3 heteroatoms. The largest absolute Gasteiger partial charge is 0.508 e. The predicted octanol–water partition coefficient (Wildman–Crippen LogP) is 4.88. The van der Waals surface area contributed by atoms with Crippen molar-refractivity contribution in [3.63, 3.8) is 0 Å². The summed E-state index contributed by atoms with van der Waals surface area (Å²) in [5, 5.41) is 9.43. The van der Waals surface area contributed by atoms with Crippen LogP contribution < -0.4 is 0 Å². The smallest absolute Gasteiger partial charge is 0.340 e. The number of ether oxygens (including phenoxy) is 1. The Morgan fingerprint density at radius 1 is 1.00 bits per heavy atom. The quantitative estimate of drug-likeness (QED) is 0.793. The number of benzene rings is 2. The Balaban J connectivity index is 1.97. The van der Waals surface area contributed by atoms with Gasteiger partial charge in [0.15, 0.2) is 0 Å². The van der Waals surface area contributed by atoms with Crippen molar-refractivity contribution in [1.82, 2.24) is 0 Å². The van der Waals surface area contributed by atoms with Crippen LogP contribution in [0.15, 0.2) is 71.5 Å².